The molecule has 0 aliphatic carbocycles. The van der Waals surface area contributed by atoms with Gasteiger partial charge in [0.05, 0.1) is 6.54 Å². The van der Waals surface area contributed by atoms with Gasteiger partial charge in [-0.25, -0.2) is 13.6 Å². The number of aromatic nitrogens is 2. The van der Waals surface area contributed by atoms with Crippen LogP contribution in [0.3, 0.4) is 0 Å². The van der Waals surface area contributed by atoms with E-state index < -0.39 is 6.43 Å². The number of hydrogen-bond donors (Lipinski definition) is 2. The number of halogens is 2. The molecule has 2 heterocycles. The van der Waals surface area contributed by atoms with E-state index in [1.807, 2.05) is 0 Å². The molecule has 0 radical (unpaired) electrons. The SMILES string of the molecule is Cn1cc(C(=O)NC2CCN(CC(F)F)C2)[nH]c1=O. The Bertz CT molecular complexity index is 511. The fraction of sp³-hybridized carbons (Fsp3) is 0.636. The lowest BCUT2D eigenvalue weighted by Gasteiger charge is -2.15. The molecule has 1 aliphatic heterocycles. The smallest absolute Gasteiger partial charge is 0.325 e. The molecule has 1 aromatic heterocycles. The highest BCUT2D eigenvalue weighted by Gasteiger charge is 2.26. The van der Waals surface area contributed by atoms with E-state index in [2.05, 4.69) is 10.3 Å². The molecule has 1 fully saturated rings. The van der Waals surface area contributed by atoms with Gasteiger partial charge in [0.15, 0.2) is 0 Å². The second-order valence-electron chi connectivity index (χ2n) is 4.69. The molecule has 1 unspecified atom stereocenters. The van der Waals surface area contributed by atoms with E-state index in [0.29, 0.717) is 19.5 Å². The molecular weight excluding hydrogens is 258 g/mol. The lowest BCUT2D eigenvalue weighted by Crippen LogP contribution is -2.38. The fourth-order valence-corrected chi connectivity index (χ4v) is 2.18. The number of aromatic amines is 1. The Morgan fingerprint density at radius 3 is 2.95 bits per heavy atom. The fourth-order valence-electron chi connectivity index (χ4n) is 2.18. The van der Waals surface area contributed by atoms with Crippen molar-refractivity contribution < 1.29 is 13.6 Å². The molecule has 1 amide bonds. The first-order valence-corrected chi connectivity index (χ1v) is 6.02. The van der Waals surface area contributed by atoms with Crippen molar-refractivity contribution in [1.82, 2.24) is 19.8 Å². The van der Waals surface area contributed by atoms with Crippen LogP contribution in [0.4, 0.5) is 8.78 Å². The standard InChI is InChI=1S/C11H16F2N4O2/c1-16-5-8(15-11(16)19)10(18)14-7-2-3-17(4-7)6-9(12)13/h5,7,9H,2-4,6H2,1H3,(H,14,18)(H,15,19). The van der Waals surface area contributed by atoms with Gasteiger partial charge in [0.1, 0.15) is 5.69 Å². The highest BCUT2D eigenvalue weighted by atomic mass is 19.3. The Morgan fingerprint density at radius 1 is 1.63 bits per heavy atom. The normalized spacial score (nSPS) is 20.1. The largest absolute Gasteiger partial charge is 0.347 e. The number of nitrogens with one attached hydrogen (secondary N) is 2. The molecule has 6 nitrogen and oxygen atoms in total. The molecule has 2 N–H and O–H groups in total. The number of nitrogens with zero attached hydrogens (tertiary/aromatic N) is 2. The number of aryl methyl sites for hydroxylation is 1. The predicted molar refractivity (Wildman–Crippen MR) is 64.3 cm³/mol. The van der Waals surface area contributed by atoms with Crippen LogP contribution in [-0.2, 0) is 7.05 Å². The molecule has 1 aliphatic rings. The zero-order chi connectivity index (χ0) is 14.0. The maximum absolute atomic E-state index is 12.2. The first kappa shape index (κ1) is 13.7. The Labute approximate surface area is 108 Å². The Kier molecular flexibility index (Phi) is 3.98. The van der Waals surface area contributed by atoms with E-state index in [4.69, 9.17) is 0 Å². The minimum absolute atomic E-state index is 0.157. The summed E-state index contributed by atoms with van der Waals surface area (Å²) in [5.41, 5.74) is -0.185. The minimum atomic E-state index is -2.36. The van der Waals surface area contributed by atoms with E-state index in [-0.39, 0.29) is 29.9 Å². The van der Waals surface area contributed by atoms with Crippen molar-refractivity contribution in [3.8, 4) is 0 Å². The van der Waals surface area contributed by atoms with Crippen LogP contribution >= 0.6 is 0 Å². The minimum Gasteiger partial charge on any atom is -0.347 e. The third-order valence-corrected chi connectivity index (χ3v) is 3.13. The molecule has 0 aromatic carbocycles. The molecule has 1 atom stereocenters. The summed E-state index contributed by atoms with van der Waals surface area (Å²) in [6.45, 7) is 0.683. The van der Waals surface area contributed by atoms with Crippen LogP contribution in [0, 0.1) is 0 Å². The van der Waals surface area contributed by atoms with Crippen LogP contribution in [0.2, 0.25) is 0 Å². The summed E-state index contributed by atoms with van der Waals surface area (Å²) in [7, 11) is 1.54. The van der Waals surface area contributed by atoms with Crippen molar-refractivity contribution in [2.75, 3.05) is 19.6 Å². The van der Waals surface area contributed by atoms with Crippen LogP contribution in [-0.4, -0.2) is 52.5 Å². The lowest BCUT2D eigenvalue weighted by atomic mass is 10.2. The van der Waals surface area contributed by atoms with Gasteiger partial charge in [0.2, 0.25) is 0 Å². The van der Waals surface area contributed by atoms with Crippen LogP contribution in [0.1, 0.15) is 16.9 Å². The van der Waals surface area contributed by atoms with E-state index in [0.717, 1.165) is 0 Å². The first-order chi connectivity index (χ1) is 8.95. The Morgan fingerprint density at radius 2 is 2.37 bits per heavy atom. The van der Waals surface area contributed by atoms with Crippen molar-refractivity contribution in [2.24, 2.45) is 7.05 Å². The van der Waals surface area contributed by atoms with E-state index >= 15 is 0 Å². The number of amides is 1. The van der Waals surface area contributed by atoms with Crippen molar-refractivity contribution in [2.45, 2.75) is 18.9 Å². The van der Waals surface area contributed by atoms with Gasteiger partial charge in [-0.3, -0.25) is 9.69 Å². The number of imidazole rings is 1. The second-order valence-corrected chi connectivity index (χ2v) is 4.69. The maximum Gasteiger partial charge on any atom is 0.325 e. The number of carbonyl (C=O) groups is 1. The number of H-pyrrole nitrogens is 1. The Balaban J connectivity index is 1.88. The summed E-state index contributed by atoms with van der Waals surface area (Å²) in [5.74, 6) is -0.387. The molecule has 106 valence electrons. The third kappa shape index (κ3) is 3.40. The van der Waals surface area contributed by atoms with Gasteiger partial charge >= 0.3 is 5.69 Å². The molecule has 8 heteroatoms. The summed E-state index contributed by atoms with van der Waals surface area (Å²) >= 11 is 0. The molecule has 2 rings (SSSR count). The number of alkyl halides is 2. The summed E-state index contributed by atoms with van der Waals surface area (Å²) in [4.78, 5) is 27.1. The van der Waals surface area contributed by atoms with Crippen molar-refractivity contribution in [1.29, 1.82) is 0 Å². The first-order valence-electron chi connectivity index (χ1n) is 6.02. The topological polar surface area (TPSA) is 70.1 Å². The summed E-state index contributed by atoms with van der Waals surface area (Å²) < 4.78 is 25.7. The number of carbonyl (C=O) groups excluding carboxylic acids is 1. The van der Waals surface area contributed by atoms with Crippen molar-refractivity contribution >= 4 is 5.91 Å². The molecule has 19 heavy (non-hydrogen) atoms. The van der Waals surface area contributed by atoms with E-state index in [9.17, 15) is 18.4 Å². The van der Waals surface area contributed by atoms with Gasteiger partial charge in [-0.2, -0.15) is 0 Å². The van der Waals surface area contributed by atoms with E-state index in [1.54, 1.807) is 4.90 Å². The quantitative estimate of drug-likeness (QED) is 0.797. The zero-order valence-electron chi connectivity index (χ0n) is 10.5. The monoisotopic (exact) mass is 274 g/mol. The molecule has 1 aromatic rings. The van der Waals surface area contributed by atoms with Gasteiger partial charge in [-0.1, -0.05) is 0 Å². The highest BCUT2D eigenvalue weighted by Crippen LogP contribution is 2.11. The van der Waals surface area contributed by atoms with Crippen LogP contribution in [0.5, 0.6) is 0 Å². The van der Waals surface area contributed by atoms with E-state index in [1.165, 1.54) is 17.8 Å². The molecule has 0 spiro atoms. The average Bonchev–Trinajstić information content (AvgIpc) is 2.86. The van der Waals surface area contributed by atoms with Crippen LogP contribution < -0.4 is 11.0 Å². The number of rotatable bonds is 4. The average molecular weight is 274 g/mol. The van der Waals surface area contributed by atoms with Crippen molar-refractivity contribution in [3.05, 3.63) is 22.4 Å². The number of hydrogen-bond acceptors (Lipinski definition) is 3. The van der Waals surface area contributed by atoms with Gasteiger partial charge in [-0.05, 0) is 6.42 Å². The zero-order valence-corrected chi connectivity index (χ0v) is 10.5. The van der Waals surface area contributed by atoms with Gasteiger partial charge < -0.3 is 14.9 Å². The summed E-state index contributed by atoms with van der Waals surface area (Å²) in [5, 5.41) is 2.73. The van der Waals surface area contributed by atoms with Crippen LogP contribution in [0.25, 0.3) is 0 Å². The van der Waals surface area contributed by atoms with Crippen molar-refractivity contribution in [3.63, 3.8) is 0 Å². The second kappa shape index (κ2) is 5.52. The predicted octanol–water partition coefficient (Wildman–Crippen LogP) is -0.217. The summed E-state index contributed by atoms with van der Waals surface area (Å²) in [6, 6.07) is -0.157. The lowest BCUT2D eigenvalue weighted by molar-refractivity contribution is 0.0914. The third-order valence-electron chi connectivity index (χ3n) is 3.13. The number of likely N-dealkylation sites (tertiary alicyclic amines) is 1. The molecular formula is C11H16F2N4O2. The molecule has 0 saturated carbocycles. The van der Waals surface area contributed by atoms with Gasteiger partial charge in [0, 0.05) is 32.4 Å². The van der Waals surface area contributed by atoms with Gasteiger partial charge in [-0.15, -0.1) is 0 Å². The summed E-state index contributed by atoms with van der Waals surface area (Å²) in [6.07, 6.45) is -0.320. The Hall–Kier alpha value is -1.70. The van der Waals surface area contributed by atoms with Gasteiger partial charge in [0.25, 0.3) is 12.3 Å². The highest BCUT2D eigenvalue weighted by molar-refractivity contribution is 5.92. The molecule has 0 bridgehead atoms. The van der Waals surface area contributed by atoms with Crippen LogP contribution in [0.15, 0.2) is 11.0 Å². The molecule has 1 saturated heterocycles. The maximum atomic E-state index is 12.2.